The summed E-state index contributed by atoms with van der Waals surface area (Å²) in [5.74, 6) is 1.53. The molecule has 0 fully saturated rings. The Labute approximate surface area is 203 Å². The Morgan fingerprint density at radius 1 is 0.706 bits per heavy atom. The Kier molecular flexibility index (Phi) is 4.27. The van der Waals surface area contributed by atoms with E-state index in [2.05, 4.69) is 30.3 Å². The summed E-state index contributed by atoms with van der Waals surface area (Å²) >= 11 is 0. The molecule has 5 aromatic rings. The molecule has 1 aromatic heterocycles. The second-order valence-electron chi connectivity index (χ2n) is 9.77. The minimum atomic E-state index is -1.57. The molecular weight excluding hydrogens is 414 g/mol. The summed E-state index contributed by atoms with van der Waals surface area (Å²) in [7, 11) is 0. The largest absolute Gasteiger partial charge is 0.455 e. The molecule has 4 aromatic carbocycles. The molecule has 2 heteroatoms. The van der Waals surface area contributed by atoms with Gasteiger partial charge in [0, 0.05) is 24.8 Å². The maximum absolute atomic E-state index is 9.08. The van der Waals surface area contributed by atoms with E-state index in [9.17, 15) is 0 Å². The number of aromatic nitrogens is 1. The zero-order valence-corrected chi connectivity index (χ0v) is 19.6. The van der Waals surface area contributed by atoms with Crippen LogP contribution >= 0.6 is 0 Å². The van der Waals surface area contributed by atoms with Gasteiger partial charge in [0.05, 0.1) is 11.2 Å². The van der Waals surface area contributed by atoms with Crippen LogP contribution in [0.5, 0.6) is 11.5 Å². The van der Waals surface area contributed by atoms with Crippen LogP contribution in [0.3, 0.4) is 0 Å². The zero-order valence-electron chi connectivity index (χ0n) is 21.6. The van der Waals surface area contributed by atoms with E-state index in [0.717, 1.165) is 50.2 Å². The molecule has 1 aliphatic rings. The lowest BCUT2D eigenvalue weighted by Crippen LogP contribution is -2.10. The average Bonchev–Trinajstić information content (AvgIpc) is 3.02. The molecule has 0 aliphatic carbocycles. The van der Waals surface area contributed by atoms with Crippen LogP contribution in [0, 0.1) is 5.41 Å². The topological polar surface area (TPSA) is 22.1 Å². The lowest BCUT2D eigenvalue weighted by atomic mass is 9.86. The molecule has 0 saturated heterocycles. The molecule has 1 aliphatic heterocycles. The molecule has 6 rings (SSSR count). The number of hydrogen-bond donors (Lipinski definition) is 0. The number of hydrogen-bond acceptors (Lipinski definition) is 2. The van der Waals surface area contributed by atoms with Crippen molar-refractivity contribution < 1.29 is 7.48 Å². The fourth-order valence-corrected chi connectivity index (χ4v) is 4.72. The van der Waals surface area contributed by atoms with Crippen molar-refractivity contribution in [3.05, 3.63) is 103 Å². The van der Waals surface area contributed by atoms with Crippen LogP contribution in [0.4, 0.5) is 0 Å². The maximum Gasteiger partial charge on any atom is 0.144 e. The highest BCUT2D eigenvalue weighted by atomic mass is 16.5. The summed E-state index contributed by atoms with van der Waals surface area (Å²) in [6, 6.07) is 32.3. The van der Waals surface area contributed by atoms with Gasteiger partial charge in [-0.25, -0.2) is 4.98 Å². The van der Waals surface area contributed by atoms with Crippen LogP contribution in [-0.4, -0.2) is 4.98 Å². The number of benzene rings is 4. The van der Waals surface area contributed by atoms with Gasteiger partial charge in [-0.3, -0.25) is 0 Å². The minimum absolute atomic E-state index is 0.601. The van der Waals surface area contributed by atoms with Crippen LogP contribution in [0.15, 0.2) is 97.1 Å². The molecule has 0 N–H and O–H groups in total. The molecule has 0 amide bonds. The second-order valence-corrected chi connectivity index (χ2v) is 9.77. The number of rotatable bonds is 2. The Hall–Kier alpha value is -3.91. The van der Waals surface area contributed by atoms with E-state index in [1.54, 1.807) is 0 Å². The van der Waals surface area contributed by atoms with Crippen molar-refractivity contribution in [1.29, 1.82) is 0 Å². The summed E-state index contributed by atoms with van der Waals surface area (Å²) in [4.78, 5) is 5.01. The Balaban J connectivity index is 1.66. The van der Waals surface area contributed by atoms with Crippen molar-refractivity contribution in [2.45, 2.75) is 27.1 Å². The highest BCUT2D eigenvalue weighted by Crippen LogP contribution is 2.49. The summed E-state index contributed by atoms with van der Waals surface area (Å²) in [6.07, 6.45) is -1.57. The molecule has 0 atom stereocenters. The van der Waals surface area contributed by atoms with Gasteiger partial charge < -0.3 is 4.74 Å². The van der Waals surface area contributed by atoms with Crippen LogP contribution in [0.1, 0.15) is 29.1 Å². The quantitative estimate of drug-likeness (QED) is 0.266. The summed E-state index contributed by atoms with van der Waals surface area (Å²) in [6.45, 7) is 5.81. The first-order valence-electron chi connectivity index (χ1n) is 12.7. The van der Waals surface area contributed by atoms with E-state index in [-0.39, 0.29) is 0 Å². The molecule has 166 valence electrons. The molecule has 0 saturated carbocycles. The molecule has 0 bridgehead atoms. The van der Waals surface area contributed by atoms with E-state index in [1.807, 2.05) is 87.5 Å². The Bertz CT molecular complexity index is 1630. The zero-order chi connectivity index (χ0) is 25.1. The molecule has 2 nitrogen and oxygen atoms in total. The average molecular weight is 444 g/mol. The van der Waals surface area contributed by atoms with Crippen molar-refractivity contribution >= 4 is 10.9 Å². The first-order valence-corrected chi connectivity index (χ1v) is 11.7. The fraction of sp³-hybridized carbons (Fsp3) is 0.156. The molecule has 34 heavy (non-hydrogen) atoms. The molecule has 0 radical (unpaired) electrons. The monoisotopic (exact) mass is 443 g/mol. The van der Waals surface area contributed by atoms with Crippen LogP contribution in [0.25, 0.3) is 44.4 Å². The third-order valence-corrected chi connectivity index (χ3v) is 6.12. The van der Waals surface area contributed by atoms with Crippen molar-refractivity contribution in [1.82, 2.24) is 4.98 Å². The Morgan fingerprint density at radius 3 is 2.12 bits per heavy atom. The first-order chi connectivity index (χ1) is 17.3. The minimum Gasteiger partial charge on any atom is -0.455 e. The third kappa shape index (κ3) is 3.56. The highest BCUT2D eigenvalue weighted by molar-refractivity contribution is 5.94. The van der Waals surface area contributed by atoms with Gasteiger partial charge in [-0.05, 0) is 52.7 Å². The van der Waals surface area contributed by atoms with Gasteiger partial charge in [-0.15, -0.1) is 0 Å². The predicted molar refractivity (Wildman–Crippen MR) is 141 cm³/mol. The van der Waals surface area contributed by atoms with E-state index >= 15 is 0 Å². The maximum atomic E-state index is 9.08. The van der Waals surface area contributed by atoms with Crippen molar-refractivity contribution in [2.75, 3.05) is 0 Å². The van der Waals surface area contributed by atoms with E-state index < -0.39 is 11.8 Å². The van der Waals surface area contributed by atoms with Crippen LogP contribution in [-0.2, 0) is 6.37 Å². The number of pyridine rings is 1. The standard InChI is InChI=1S/C32H27NO/c1-32(2,3)20-21-19-29(33-28-17-8-6-11-22(21)28)27-16-10-15-26-24-13-5-4-12-23(24)25-14-7-9-18-30(25)34-31(26)27/h4-19H,20H2,1-3H3/i20D2. The Morgan fingerprint density at radius 2 is 1.32 bits per heavy atom. The molecule has 2 heterocycles. The van der Waals surface area contributed by atoms with Crippen LogP contribution < -0.4 is 4.74 Å². The van der Waals surface area contributed by atoms with Crippen LogP contribution in [0.2, 0.25) is 0 Å². The van der Waals surface area contributed by atoms with Gasteiger partial charge in [-0.2, -0.15) is 0 Å². The number of nitrogens with zero attached hydrogens (tertiary/aromatic N) is 1. The number of fused-ring (bicyclic) bond motifs is 6. The third-order valence-electron chi connectivity index (χ3n) is 6.12. The van der Waals surface area contributed by atoms with E-state index in [4.69, 9.17) is 12.5 Å². The van der Waals surface area contributed by atoms with Crippen molar-refractivity contribution in [3.8, 4) is 45.0 Å². The van der Waals surface area contributed by atoms with Gasteiger partial charge in [0.1, 0.15) is 11.5 Å². The molecule has 0 unspecified atom stereocenters. The van der Waals surface area contributed by atoms with E-state index in [0.29, 0.717) is 11.3 Å². The summed E-state index contributed by atoms with van der Waals surface area (Å²) < 4.78 is 24.8. The van der Waals surface area contributed by atoms with Crippen molar-refractivity contribution in [3.63, 3.8) is 0 Å². The lowest BCUT2D eigenvalue weighted by Gasteiger charge is -2.21. The predicted octanol–water partition coefficient (Wildman–Crippen LogP) is 8.93. The second kappa shape index (κ2) is 7.85. The van der Waals surface area contributed by atoms with E-state index in [1.165, 1.54) is 0 Å². The SMILES string of the molecule is [2H]C([2H])(c1cc(-c2cccc3c2Oc2ccccc2-c2ccccc2-3)nc2ccccc12)C(C)(C)C. The van der Waals surface area contributed by atoms with Gasteiger partial charge in [-0.1, -0.05) is 93.6 Å². The lowest BCUT2D eigenvalue weighted by molar-refractivity contribution is 0.412. The number of para-hydroxylation sites is 3. The smallest absolute Gasteiger partial charge is 0.144 e. The van der Waals surface area contributed by atoms with Gasteiger partial charge in [0.2, 0.25) is 0 Å². The van der Waals surface area contributed by atoms with Gasteiger partial charge >= 0.3 is 0 Å². The fourth-order valence-electron chi connectivity index (χ4n) is 4.72. The number of ether oxygens (including phenoxy) is 1. The van der Waals surface area contributed by atoms with Gasteiger partial charge in [0.25, 0.3) is 0 Å². The van der Waals surface area contributed by atoms with Crippen molar-refractivity contribution in [2.24, 2.45) is 5.41 Å². The highest BCUT2D eigenvalue weighted by Gasteiger charge is 2.24. The normalized spacial score (nSPS) is 13.6. The molecule has 0 spiro atoms. The molecular formula is C32H27NO. The summed E-state index contributed by atoms with van der Waals surface area (Å²) in [5.41, 5.74) is 6.62. The van der Waals surface area contributed by atoms with Gasteiger partial charge in [0.15, 0.2) is 0 Å². The first kappa shape index (κ1) is 18.5. The summed E-state index contributed by atoms with van der Waals surface area (Å²) in [5, 5.41) is 0.833.